The molecule has 0 aromatic carbocycles. The van der Waals surface area contributed by atoms with E-state index in [1.54, 1.807) is 12.4 Å². The lowest BCUT2D eigenvalue weighted by atomic mass is 10.1. The molecule has 0 saturated heterocycles. The Bertz CT molecular complexity index is 850. The van der Waals surface area contributed by atoms with Crippen molar-refractivity contribution < 1.29 is 19.1 Å². The summed E-state index contributed by atoms with van der Waals surface area (Å²) in [6.45, 7) is 0. The number of methoxy groups -OCH3 is 2. The van der Waals surface area contributed by atoms with Gasteiger partial charge in [-0.05, 0) is 48.0 Å². The van der Waals surface area contributed by atoms with Gasteiger partial charge in [0.25, 0.3) is 0 Å². The molecular weight excluding hydrogens is 431 g/mol. The van der Waals surface area contributed by atoms with Crippen molar-refractivity contribution >= 4 is 35.1 Å². The van der Waals surface area contributed by atoms with Crippen molar-refractivity contribution in [2.75, 3.05) is 14.2 Å². The van der Waals surface area contributed by atoms with Crippen LogP contribution in [0.25, 0.3) is 0 Å². The number of nitrogens with zero attached hydrogens (tertiary/aromatic N) is 4. The van der Waals surface area contributed by atoms with Gasteiger partial charge in [-0.25, -0.2) is 19.9 Å². The lowest BCUT2D eigenvalue weighted by molar-refractivity contribution is -0.141. The fraction of sp³-hybridized carbons (Fsp3) is 0.400. The Morgan fingerprint density at radius 1 is 0.867 bits per heavy atom. The van der Waals surface area contributed by atoms with E-state index in [0.29, 0.717) is 18.4 Å². The highest BCUT2D eigenvalue weighted by molar-refractivity contribution is 6.28. The summed E-state index contributed by atoms with van der Waals surface area (Å²) in [5, 5.41) is 0.448. The second-order valence-corrected chi connectivity index (χ2v) is 6.44. The predicted octanol–water partition coefficient (Wildman–Crippen LogP) is 3.45. The normalized spacial score (nSPS) is 9.47. The van der Waals surface area contributed by atoms with Crippen LogP contribution in [0.15, 0.2) is 24.8 Å². The molecule has 0 amide bonds. The molecule has 0 spiro atoms. The van der Waals surface area contributed by atoms with Gasteiger partial charge in [0.1, 0.15) is 0 Å². The quantitative estimate of drug-likeness (QED) is 0.272. The van der Waals surface area contributed by atoms with E-state index < -0.39 is 0 Å². The summed E-state index contributed by atoms with van der Waals surface area (Å²) in [5.74, 6) is 5.19. The van der Waals surface area contributed by atoms with Crippen molar-refractivity contribution in [3.8, 4) is 11.8 Å². The van der Waals surface area contributed by atoms with Gasteiger partial charge in [-0.3, -0.25) is 9.59 Å². The topological polar surface area (TPSA) is 104 Å². The van der Waals surface area contributed by atoms with Gasteiger partial charge >= 0.3 is 11.9 Å². The third-order valence-electron chi connectivity index (χ3n) is 3.53. The van der Waals surface area contributed by atoms with Crippen LogP contribution >= 0.6 is 23.2 Å². The van der Waals surface area contributed by atoms with E-state index in [2.05, 4.69) is 41.3 Å². The minimum absolute atomic E-state index is 0.164. The van der Waals surface area contributed by atoms with Crippen molar-refractivity contribution in [2.45, 2.75) is 38.5 Å². The van der Waals surface area contributed by atoms with Crippen LogP contribution in [0.3, 0.4) is 0 Å². The fourth-order valence-electron chi connectivity index (χ4n) is 1.98. The lowest BCUT2D eigenvalue weighted by Crippen LogP contribution is -2.00. The van der Waals surface area contributed by atoms with Crippen LogP contribution in [-0.2, 0) is 25.5 Å². The molecule has 10 heteroatoms. The van der Waals surface area contributed by atoms with E-state index in [9.17, 15) is 9.59 Å². The Labute approximate surface area is 185 Å². The maximum absolute atomic E-state index is 10.8. The number of unbranched alkanes of at least 4 members (excludes halogenated alkanes) is 1. The largest absolute Gasteiger partial charge is 0.469 e. The molecular formula is C20H22Cl2N4O4. The van der Waals surface area contributed by atoms with Gasteiger partial charge in [0, 0.05) is 37.6 Å². The number of aryl methyl sites for hydroxylation is 1. The van der Waals surface area contributed by atoms with Crippen LogP contribution < -0.4 is 0 Å². The Morgan fingerprint density at radius 3 is 1.97 bits per heavy atom. The van der Waals surface area contributed by atoms with Crippen molar-refractivity contribution in [3.63, 3.8) is 0 Å². The van der Waals surface area contributed by atoms with Gasteiger partial charge in [0.15, 0.2) is 0 Å². The molecule has 8 nitrogen and oxygen atoms in total. The Balaban J connectivity index is 0.000000300. The summed E-state index contributed by atoms with van der Waals surface area (Å²) in [5.41, 5.74) is 1.70. The second-order valence-electron chi connectivity index (χ2n) is 5.76. The van der Waals surface area contributed by atoms with Gasteiger partial charge in [-0.15, -0.1) is 0 Å². The minimum atomic E-state index is -0.267. The second kappa shape index (κ2) is 15.1. The molecule has 2 aromatic rings. The average molecular weight is 453 g/mol. The molecule has 0 radical (unpaired) electrons. The number of hydrogen-bond donors (Lipinski definition) is 0. The van der Waals surface area contributed by atoms with Crippen LogP contribution in [0.2, 0.25) is 10.6 Å². The minimum Gasteiger partial charge on any atom is -0.469 e. The van der Waals surface area contributed by atoms with Crippen LogP contribution in [0.1, 0.15) is 43.2 Å². The summed E-state index contributed by atoms with van der Waals surface area (Å²) >= 11 is 11.1. The van der Waals surface area contributed by atoms with E-state index in [0.717, 1.165) is 24.8 Å². The van der Waals surface area contributed by atoms with Gasteiger partial charge < -0.3 is 9.47 Å². The molecule has 0 saturated carbocycles. The van der Waals surface area contributed by atoms with Crippen LogP contribution in [-0.4, -0.2) is 46.1 Å². The Kier molecular flexibility index (Phi) is 12.7. The third kappa shape index (κ3) is 11.9. The molecule has 0 aliphatic rings. The molecule has 0 bridgehead atoms. The summed E-state index contributed by atoms with van der Waals surface area (Å²) < 4.78 is 9.01. The first-order valence-corrected chi connectivity index (χ1v) is 9.76. The van der Waals surface area contributed by atoms with E-state index in [4.69, 9.17) is 23.2 Å². The van der Waals surface area contributed by atoms with E-state index in [-0.39, 0.29) is 28.9 Å². The molecule has 2 heterocycles. The number of ether oxygens (including phenoxy) is 2. The van der Waals surface area contributed by atoms with Crippen molar-refractivity contribution in [2.24, 2.45) is 0 Å². The molecule has 0 N–H and O–H groups in total. The SMILES string of the molecule is COC(=O)CCC#Cc1cnc(Cl)nc1.COC(=O)CCCCc1cnc(Cl)nc1. The Hall–Kier alpha value is -2.76. The van der Waals surface area contributed by atoms with E-state index >= 15 is 0 Å². The van der Waals surface area contributed by atoms with Crippen molar-refractivity contribution in [1.29, 1.82) is 0 Å². The zero-order chi connectivity index (χ0) is 22.2. The molecule has 0 aliphatic carbocycles. The van der Waals surface area contributed by atoms with E-state index in [1.807, 2.05) is 0 Å². The molecule has 2 rings (SSSR count). The predicted molar refractivity (Wildman–Crippen MR) is 112 cm³/mol. The highest BCUT2D eigenvalue weighted by Crippen LogP contribution is 2.06. The first-order chi connectivity index (χ1) is 14.4. The third-order valence-corrected chi connectivity index (χ3v) is 3.92. The smallest absolute Gasteiger partial charge is 0.306 e. The van der Waals surface area contributed by atoms with Crippen LogP contribution in [0.5, 0.6) is 0 Å². The first kappa shape index (κ1) is 25.3. The number of carbonyl (C=O) groups excluding carboxylic acids is 2. The highest BCUT2D eigenvalue weighted by Gasteiger charge is 2.00. The first-order valence-electron chi connectivity index (χ1n) is 9.01. The molecule has 0 aliphatic heterocycles. The number of rotatable bonds is 7. The molecule has 30 heavy (non-hydrogen) atoms. The zero-order valence-corrected chi connectivity index (χ0v) is 18.2. The summed E-state index contributed by atoms with van der Waals surface area (Å²) in [7, 11) is 2.75. The number of carbonyl (C=O) groups is 2. The maximum Gasteiger partial charge on any atom is 0.306 e. The number of halogens is 2. The average Bonchev–Trinajstić information content (AvgIpc) is 2.76. The summed E-state index contributed by atoms with van der Waals surface area (Å²) in [6, 6.07) is 0. The Morgan fingerprint density at radius 2 is 1.40 bits per heavy atom. The molecule has 2 aromatic heterocycles. The highest BCUT2D eigenvalue weighted by atomic mass is 35.5. The molecule has 0 unspecified atom stereocenters. The van der Waals surface area contributed by atoms with Crippen LogP contribution in [0, 0.1) is 11.8 Å². The number of aromatic nitrogens is 4. The van der Waals surface area contributed by atoms with Crippen LogP contribution in [0.4, 0.5) is 0 Å². The number of hydrogen-bond acceptors (Lipinski definition) is 8. The van der Waals surface area contributed by atoms with Gasteiger partial charge in [-0.2, -0.15) is 0 Å². The summed E-state index contributed by atoms with van der Waals surface area (Å²) in [6.07, 6.45) is 10.3. The fourth-order valence-corrected chi connectivity index (χ4v) is 2.17. The molecule has 0 fully saturated rings. The monoisotopic (exact) mass is 452 g/mol. The molecule has 0 atom stereocenters. The number of esters is 2. The lowest BCUT2D eigenvalue weighted by Gasteiger charge is -2.00. The molecule has 160 valence electrons. The van der Waals surface area contributed by atoms with E-state index in [1.165, 1.54) is 26.6 Å². The maximum atomic E-state index is 10.8. The van der Waals surface area contributed by atoms with Crippen molar-refractivity contribution in [3.05, 3.63) is 46.5 Å². The van der Waals surface area contributed by atoms with Gasteiger partial charge in [0.05, 0.1) is 26.2 Å². The van der Waals surface area contributed by atoms with Gasteiger partial charge in [-0.1, -0.05) is 11.8 Å². The zero-order valence-electron chi connectivity index (χ0n) is 16.7. The standard InChI is InChI=1S/C10H13ClN2O2.C10H9ClN2O2/c2*1-15-9(14)5-3-2-4-8-6-12-10(11)13-7-8/h6-7H,2-5H2,1H3;6-7H,3,5H2,1H3. The van der Waals surface area contributed by atoms with Crippen molar-refractivity contribution in [1.82, 2.24) is 19.9 Å². The van der Waals surface area contributed by atoms with Gasteiger partial charge in [0.2, 0.25) is 10.6 Å². The summed E-state index contributed by atoms with van der Waals surface area (Å²) in [4.78, 5) is 36.8.